The lowest BCUT2D eigenvalue weighted by Crippen LogP contribution is -2.22. The number of thiophene rings is 1. The monoisotopic (exact) mass is 399 g/mol. The smallest absolute Gasteiger partial charge is 0.340 e. The van der Waals surface area contributed by atoms with Crippen LogP contribution in [-0.4, -0.2) is 36.5 Å². The number of esters is 1. The van der Waals surface area contributed by atoms with E-state index in [0.29, 0.717) is 27.3 Å². The Bertz CT molecular complexity index is 1080. The fourth-order valence-corrected chi connectivity index (χ4v) is 3.36. The number of nitrogens with two attached hydrogens (primary N) is 1. The Morgan fingerprint density at radius 2 is 1.96 bits per heavy atom. The van der Waals surface area contributed by atoms with Crippen molar-refractivity contribution < 1.29 is 23.9 Å². The molecule has 0 saturated carbocycles. The molecule has 3 N–H and O–H groups in total. The highest BCUT2D eigenvalue weighted by molar-refractivity contribution is 7.14. The Balaban J connectivity index is 1.70. The number of amides is 2. The molecule has 8 nitrogen and oxygen atoms in total. The van der Waals surface area contributed by atoms with E-state index in [9.17, 15) is 14.4 Å². The molecule has 0 aliphatic heterocycles. The van der Waals surface area contributed by atoms with Crippen LogP contribution in [0.4, 0.5) is 5.00 Å². The number of primary amides is 1. The molecule has 0 unspecified atom stereocenters. The molecule has 3 aromatic rings. The summed E-state index contributed by atoms with van der Waals surface area (Å²) in [5, 5.41) is 5.16. The highest BCUT2D eigenvalue weighted by Gasteiger charge is 2.17. The summed E-state index contributed by atoms with van der Waals surface area (Å²) in [6.07, 6.45) is 0. The molecular formula is C19H17N3O5S. The van der Waals surface area contributed by atoms with Crippen molar-refractivity contribution in [2.24, 2.45) is 5.73 Å². The van der Waals surface area contributed by atoms with Crippen LogP contribution >= 0.6 is 11.3 Å². The normalized spacial score (nSPS) is 10.5. The van der Waals surface area contributed by atoms with E-state index in [1.165, 1.54) is 6.07 Å². The van der Waals surface area contributed by atoms with Crippen LogP contribution in [0.15, 0.2) is 35.7 Å². The third kappa shape index (κ3) is 4.09. The van der Waals surface area contributed by atoms with Crippen LogP contribution in [0.3, 0.4) is 0 Å². The number of ether oxygens (including phenoxy) is 2. The number of benzene rings is 1. The van der Waals surface area contributed by atoms with Crippen LogP contribution in [0.25, 0.3) is 10.9 Å². The summed E-state index contributed by atoms with van der Waals surface area (Å²) in [6.45, 7) is 1.18. The first-order valence-corrected chi connectivity index (χ1v) is 9.06. The average Bonchev–Trinajstić information content (AvgIpc) is 3.13. The molecule has 0 aliphatic rings. The number of nitrogens with one attached hydrogen (secondary N) is 1. The first kappa shape index (κ1) is 19.3. The van der Waals surface area contributed by atoms with Gasteiger partial charge in [0.15, 0.2) is 6.61 Å². The predicted octanol–water partition coefficient (Wildman–Crippen LogP) is 2.51. The van der Waals surface area contributed by atoms with Crippen LogP contribution < -0.4 is 15.8 Å². The van der Waals surface area contributed by atoms with E-state index in [4.69, 9.17) is 15.2 Å². The van der Waals surface area contributed by atoms with Crippen molar-refractivity contribution in [2.75, 3.05) is 19.0 Å². The van der Waals surface area contributed by atoms with Gasteiger partial charge in [0.05, 0.1) is 29.4 Å². The SMILES string of the molecule is COc1ccc2nc(C)c(C(=O)OCC(=O)Nc3sccc3C(N)=O)cc2c1. The van der Waals surface area contributed by atoms with Crippen molar-refractivity contribution in [1.29, 1.82) is 0 Å². The zero-order valence-corrected chi connectivity index (χ0v) is 16.0. The summed E-state index contributed by atoms with van der Waals surface area (Å²) in [4.78, 5) is 40.1. The number of hydrogen-bond acceptors (Lipinski definition) is 7. The molecule has 0 atom stereocenters. The highest BCUT2D eigenvalue weighted by atomic mass is 32.1. The number of aromatic nitrogens is 1. The number of anilines is 1. The molecule has 3 rings (SSSR count). The van der Waals surface area contributed by atoms with Crippen molar-refractivity contribution in [2.45, 2.75) is 6.92 Å². The van der Waals surface area contributed by atoms with E-state index >= 15 is 0 Å². The summed E-state index contributed by atoms with van der Waals surface area (Å²) >= 11 is 1.15. The molecular weight excluding hydrogens is 382 g/mol. The first-order valence-electron chi connectivity index (χ1n) is 8.18. The van der Waals surface area contributed by atoms with Gasteiger partial charge in [-0.3, -0.25) is 14.6 Å². The molecule has 0 aliphatic carbocycles. The fraction of sp³-hybridized carbons (Fsp3) is 0.158. The molecule has 28 heavy (non-hydrogen) atoms. The minimum Gasteiger partial charge on any atom is -0.497 e. The molecule has 9 heteroatoms. The van der Waals surface area contributed by atoms with Gasteiger partial charge in [0.25, 0.3) is 11.8 Å². The molecule has 2 heterocycles. The molecule has 2 amide bonds. The lowest BCUT2D eigenvalue weighted by Gasteiger charge is -2.09. The second kappa shape index (κ2) is 8.05. The standard InChI is InChI=1S/C19H17N3O5S/c1-10-14(8-11-7-12(26-2)3-4-15(11)21-10)19(25)27-9-16(23)22-18-13(17(20)24)5-6-28-18/h3-8H,9H2,1-2H3,(H2,20,24)(H,22,23). The lowest BCUT2D eigenvalue weighted by atomic mass is 10.1. The first-order chi connectivity index (χ1) is 13.4. The lowest BCUT2D eigenvalue weighted by molar-refractivity contribution is -0.119. The van der Waals surface area contributed by atoms with Crippen molar-refractivity contribution in [3.8, 4) is 5.75 Å². The summed E-state index contributed by atoms with van der Waals surface area (Å²) < 4.78 is 10.3. The van der Waals surface area contributed by atoms with Crippen LogP contribution in [0, 0.1) is 6.92 Å². The molecule has 0 radical (unpaired) electrons. The Kier molecular flexibility index (Phi) is 5.55. The zero-order valence-electron chi connectivity index (χ0n) is 15.1. The minimum atomic E-state index is -0.675. The number of pyridine rings is 1. The van der Waals surface area contributed by atoms with Crippen LogP contribution in [0.2, 0.25) is 0 Å². The third-order valence-corrected chi connectivity index (χ3v) is 4.78. The number of fused-ring (bicyclic) bond motifs is 1. The molecule has 144 valence electrons. The molecule has 0 spiro atoms. The number of aryl methyl sites for hydroxylation is 1. The quantitative estimate of drug-likeness (QED) is 0.615. The number of nitrogens with zero attached hydrogens (tertiary/aromatic N) is 1. The number of hydrogen-bond donors (Lipinski definition) is 2. The van der Waals surface area contributed by atoms with E-state index in [1.54, 1.807) is 43.7 Å². The van der Waals surface area contributed by atoms with Gasteiger partial charge in [-0.05, 0) is 42.6 Å². The van der Waals surface area contributed by atoms with E-state index in [0.717, 1.165) is 11.3 Å². The maximum atomic E-state index is 12.4. The van der Waals surface area contributed by atoms with Crippen molar-refractivity contribution in [1.82, 2.24) is 4.98 Å². The number of methoxy groups -OCH3 is 1. The molecule has 0 saturated heterocycles. The average molecular weight is 399 g/mol. The Morgan fingerprint density at radius 3 is 2.68 bits per heavy atom. The fourth-order valence-electron chi connectivity index (χ4n) is 2.56. The van der Waals surface area contributed by atoms with Crippen molar-refractivity contribution in [3.05, 3.63) is 52.5 Å². The predicted molar refractivity (Wildman–Crippen MR) is 105 cm³/mol. The van der Waals surface area contributed by atoms with Gasteiger partial charge in [-0.2, -0.15) is 0 Å². The van der Waals surface area contributed by atoms with E-state index < -0.39 is 24.4 Å². The van der Waals surface area contributed by atoms with Crippen LogP contribution in [0.5, 0.6) is 5.75 Å². The second-order valence-electron chi connectivity index (χ2n) is 5.83. The summed E-state index contributed by atoms with van der Waals surface area (Å²) in [7, 11) is 1.55. The summed E-state index contributed by atoms with van der Waals surface area (Å²) in [5.41, 5.74) is 6.88. The zero-order chi connectivity index (χ0) is 20.3. The minimum absolute atomic E-state index is 0.202. The van der Waals surface area contributed by atoms with Gasteiger partial charge in [-0.15, -0.1) is 11.3 Å². The van der Waals surface area contributed by atoms with Crippen molar-refractivity contribution in [3.63, 3.8) is 0 Å². The van der Waals surface area contributed by atoms with E-state index in [-0.39, 0.29) is 11.1 Å². The van der Waals surface area contributed by atoms with Gasteiger partial charge >= 0.3 is 5.97 Å². The van der Waals surface area contributed by atoms with Gasteiger partial charge in [-0.25, -0.2) is 4.79 Å². The Morgan fingerprint density at radius 1 is 1.18 bits per heavy atom. The van der Waals surface area contributed by atoms with E-state index in [1.807, 2.05) is 0 Å². The number of rotatable bonds is 6. The number of carbonyl (C=O) groups is 3. The van der Waals surface area contributed by atoms with Crippen LogP contribution in [-0.2, 0) is 9.53 Å². The van der Waals surface area contributed by atoms with E-state index in [2.05, 4.69) is 10.3 Å². The summed E-state index contributed by atoms with van der Waals surface area (Å²) in [6, 6.07) is 8.48. The second-order valence-corrected chi connectivity index (χ2v) is 6.75. The van der Waals surface area contributed by atoms with Crippen molar-refractivity contribution >= 4 is 45.0 Å². The van der Waals surface area contributed by atoms with Gasteiger partial charge in [0.2, 0.25) is 0 Å². The molecule has 2 aromatic heterocycles. The Labute approximate surface area is 164 Å². The van der Waals surface area contributed by atoms with Gasteiger partial charge in [0.1, 0.15) is 10.8 Å². The maximum absolute atomic E-state index is 12.4. The maximum Gasteiger partial charge on any atom is 0.340 e. The molecule has 0 fully saturated rings. The number of carbonyl (C=O) groups excluding carboxylic acids is 3. The largest absolute Gasteiger partial charge is 0.497 e. The molecule has 1 aromatic carbocycles. The topological polar surface area (TPSA) is 121 Å². The summed E-state index contributed by atoms with van der Waals surface area (Å²) in [5.74, 6) is -1.27. The molecule has 0 bridgehead atoms. The highest BCUT2D eigenvalue weighted by Crippen LogP contribution is 2.23. The van der Waals surface area contributed by atoms with Gasteiger partial charge in [-0.1, -0.05) is 0 Å². The Hall–Kier alpha value is -3.46. The van der Waals surface area contributed by atoms with Gasteiger partial charge < -0.3 is 20.5 Å². The van der Waals surface area contributed by atoms with Crippen LogP contribution in [0.1, 0.15) is 26.4 Å². The van der Waals surface area contributed by atoms with Gasteiger partial charge in [0, 0.05) is 5.39 Å². The third-order valence-electron chi connectivity index (χ3n) is 3.95.